The van der Waals surface area contributed by atoms with Gasteiger partial charge in [0.1, 0.15) is 5.58 Å². The summed E-state index contributed by atoms with van der Waals surface area (Å²) in [6, 6.07) is 26.4. The number of H-pyrrole nitrogens is 1. The van der Waals surface area contributed by atoms with Crippen LogP contribution in [0.1, 0.15) is 25.0 Å². The number of aromatic amines is 1. The molecule has 146 valence electrons. The van der Waals surface area contributed by atoms with Crippen molar-refractivity contribution in [3.05, 3.63) is 83.9 Å². The zero-order chi connectivity index (χ0) is 20.5. The fourth-order valence-electron chi connectivity index (χ4n) is 6.19. The SMILES string of the molecule is CC1(C)c2ccccc2-c2cc3ccc4cc5c6ccccc6oc5c5[nH]c(c21)c3c45. The normalized spacial score (nSPS) is 15.0. The highest BCUT2D eigenvalue weighted by molar-refractivity contribution is 6.31. The average molecular weight is 397 g/mol. The van der Waals surface area contributed by atoms with Crippen LogP contribution in [-0.4, -0.2) is 4.98 Å². The Morgan fingerprint density at radius 1 is 0.710 bits per heavy atom. The first kappa shape index (κ1) is 16.0. The van der Waals surface area contributed by atoms with E-state index in [-0.39, 0.29) is 5.41 Å². The molecule has 2 nitrogen and oxygen atoms in total. The molecule has 8 rings (SSSR count). The van der Waals surface area contributed by atoms with Crippen LogP contribution in [0.25, 0.3) is 65.6 Å². The van der Waals surface area contributed by atoms with Crippen LogP contribution < -0.4 is 0 Å². The summed E-state index contributed by atoms with van der Waals surface area (Å²) in [6.07, 6.45) is 0. The maximum absolute atomic E-state index is 6.39. The van der Waals surface area contributed by atoms with Crippen LogP contribution in [0.5, 0.6) is 0 Å². The molecule has 2 heteroatoms. The Hall–Kier alpha value is -3.78. The molecule has 0 unspecified atom stereocenters. The van der Waals surface area contributed by atoms with Crippen LogP contribution in [0.2, 0.25) is 0 Å². The summed E-state index contributed by atoms with van der Waals surface area (Å²) < 4.78 is 6.39. The number of hydrogen-bond acceptors (Lipinski definition) is 1. The van der Waals surface area contributed by atoms with E-state index in [2.05, 4.69) is 85.6 Å². The molecule has 0 saturated carbocycles. The molecule has 5 aromatic carbocycles. The predicted octanol–water partition coefficient (Wildman–Crippen LogP) is 8.12. The standard InChI is InChI=1S/C29H19NO/c1-29(2)21-9-5-3-7-17(21)19-13-15-11-12-16-14-20-18-8-4-6-10-22(18)31-28(20)27-24(16)23(15)26(30-27)25(19)29/h3-14,30H,1-2H3. The second-order valence-electron chi connectivity index (χ2n) is 9.46. The van der Waals surface area contributed by atoms with Crippen LogP contribution in [0.4, 0.5) is 0 Å². The highest BCUT2D eigenvalue weighted by Gasteiger charge is 2.38. The van der Waals surface area contributed by atoms with Gasteiger partial charge in [-0.05, 0) is 51.2 Å². The van der Waals surface area contributed by atoms with Crippen molar-refractivity contribution < 1.29 is 4.42 Å². The molecule has 0 fully saturated rings. The third-order valence-corrected chi connectivity index (χ3v) is 7.52. The molecule has 0 radical (unpaired) electrons. The highest BCUT2D eigenvalue weighted by atomic mass is 16.3. The fraction of sp³-hybridized carbons (Fsp3) is 0.103. The summed E-state index contributed by atoms with van der Waals surface area (Å²) >= 11 is 0. The van der Waals surface area contributed by atoms with Crippen molar-refractivity contribution in [1.29, 1.82) is 0 Å². The van der Waals surface area contributed by atoms with E-state index in [4.69, 9.17) is 4.42 Å². The minimum atomic E-state index is -0.0559. The van der Waals surface area contributed by atoms with Gasteiger partial charge in [0.05, 0.1) is 11.0 Å². The second kappa shape index (κ2) is 4.92. The number of furan rings is 1. The van der Waals surface area contributed by atoms with Crippen molar-refractivity contribution in [3.63, 3.8) is 0 Å². The second-order valence-corrected chi connectivity index (χ2v) is 9.46. The van der Waals surface area contributed by atoms with Gasteiger partial charge in [-0.25, -0.2) is 0 Å². The van der Waals surface area contributed by atoms with Gasteiger partial charge in [-0.1, -0.05) is 68.4 Å². The lowest BCUT2D eigenvalue weighted by Gasteiger charge is -2.22. The molecule has 0 aliphatic heterocycles. The molecule has 0 amide bonds. The van der Waals surface area contributed by atoms with E-state index in [0.717, 1.165) is 16.7 Å². The van der Waals surface area contributed by atoms with Crippen molar-refractivity contribution in [3.8, 4) is 11.1 Å². The Balaban J connectivity index is 1.65. The molecule has 2 heterocycles. The van der Waals surface area contributed by atoms with Gasteiger partial charge < -0.3 is 9.40 Å². The molecule has 1 aliphatic rings. The smallest absolute Gasteiger partial charge is 0.159 e. The first-order valence-electron chi connectivity index (χ1n) is 10.9. The molecule has 0 saturated heterocycles. The summed E-state index contributed by atoms with van der Waals surface area (Å²) in [7, 11) is 0. The van der Waals surface area contributed by atoms with Gasteiger partial charge in [-0.15, -0.1) is 0 Å². The zero-order valence-electron chi connectivity index (χ0n) is 17.3. The summed E-state index contributed by atoms with van der Waals surface area (Å²) in [5, 5.41) is 7.52. The number of para-hydroxylation sites is 1. The van der Waals surface area contributed by atoms with Gasteiger partial charge in [0.25, 0.3) is 0 Å². The molecule has 0 bridgehead atoms. The zero-order valence-corrected chi connectivity index (χ0v) is 17.3. The van der Waals surface area contributed by atoms with Gasteiger partial charge in [0, 0.05) is 27.0 Å². The van der Waals surface area contributed by atoms with E-state index in [1.54, 1.807) is 0 Å². The quantitative estimate of drug-likeness (QED) is 0.257. The first-order chi connectivity index (χ1) is 15.1. The van der Waals surface area contributed by atoms with E-state index >= 15 is 0 Å². The van der Waals surface area contributed by atoms with Crippen LogP contribution in [-0.2, 0) is 5.41 Å². The van der Waals surface area contributed by atoms with Crippen molar-refractivity contribution >= 4 is 54.5 Å². The first-order valence-corrected chi connectivity index (χ1v) is 10.9. The maximum atomic E-state index is 6.39. The largest absolute Gasteiger partial charge is 0.454 e. The van der Waals surface area contributed by atoms with Crippen LogP contribution in [0, 0.1) is 0 Å². The topological polar surface area (TPSA) is 28.9 Å². The molecule has 7 aromatic rings. The lowest BCUT2D eigenvalue weighted by atomic mass is 9.81. The lowest BCUT2D eigenvalue weighted by molar-refractivity contribution is 0.664. The molecular formula is C29H19NO. The molecule has 2 aromatic heterocycles. The summed E-state index contributed by atoms with van der Waals surface area (Å²) in [5.41, 5.74) is 9.71. The number of hydrogen-bond donors (Lipinski definition) is 1. The predicted molar refractivity (Wildman–Crippen MR) is 129 cm³/mol. The molecular weight excluding hydrogens is 378 g/mol. The Labute approximate surface area is 178 Å². The number of nitrogens with one attached hydrogen (secondary N) is 1. The molecule has 31 heavy (non-hydrogen) atoms. The molecule has 1 N–H and O–H groups in total. The summed E-state index contributed by atoms with van der Waals surface area (Å²) in [6.45, 7) is 4.70. The third kappa shape index (κ3) is 1.70. The minimum absolute atomic E-state index is 0.0559. The lowest BCUT2D eigenvalue weighted by Crippen LogP contribution is -2.15. The van der Waals surface area contributed by atoms with Crippen LogP contribution in [0.3, 0.4) is 0 Å². The van der Waals surface area contributed by atoms with Gasteiger partial charge in [0.2, 0.25) is 0 Å². The van der Waals surface area contributed by atoms with Crippen molar-refractivity contribution in [2.75, 3.05) is 0 Å². The third-order valence-electron chi connectivity index (χ3n) is 7.52. The van der Waals surface area contributed by atoms with Crippen LogP contribution >= 0.6 is 0 Å². The minimum Gasteiger partial charge on any atom is -0.454 e. The van der Waals surface area contributed by atoms with Crippen molar-refractivity contribution in [1.82, 2.24) is 4.98 Å². The highest BCUT2D eigenvalue weighted by Crippen LogP contribution is 2.54. The summed E-state index contributed by atoms with van der Waals surface area (Å²) in [4.78, 5) is 3.86. The van der Waals surface area contributed by atoms with E-state index in [9.17, 15) is 0 Å². The Bertz CT molecular complexity index is 1860. The molecule has 0 atom stereocenters. The Kier molecular flexibility index (Phi) is 2.54. The van der Waals surface area contributed by atoms with Gasteiger partial charge in [-0.3, -0.25) is 0 Å². The van der Waals surface area contributed by atoms with Gasteiger partial charge >= 0.3 is 0 Å². The van der Waals surface area contributed by atoms with Crippen molar-refractivity contribution in [2.24, 2.45) is 0 Å². The fourth-order valence-corrected chi connectivity index (χ4v) is 6.19. The van der Waals surface area contributed by atoms with Gasteiger partial charge in [0.15, 0.2) is 5.58 Å². The number of fused-ring (bicyclic) bond motifs is 8. The number of aromatic nitrogens is 1. The van der Waals surface area contributed by atoms with Crippen LogP contribution in [0.15, 0.2) is 77.2 Å². The number of rotatable bonds is 0. The van der Waals surface area contributed by atoms with E-state index in [1.807, 2.05) is 6.07 Å². The Morgan fingerprint density at radius 3 is 2.35 bits per heavy atom. The molecule has 1 aliphatic carbocycles. The maximum Gasteiger partial charge on any atom is 0.159 e. The number of benzene rings is 5. The van der Waals surface area contributed by atoms with E-state index in [0.29, 0.717) is 0 Å². The average Bonchev–Trinajstić information content (AvgIpc) is 3.42. The molecule has 0 spiro atoms. The van der Waals surface area contributed by atoms with E-state index < -0.39 is 0 Å². The van der Waals surface area contributed by atoms with Gasteiger partial charge in [-0.2, -0.15) is 0 Å². The van der Waals surface area contributed by atoms with E-state index in [1.165, 1.54) is 60.1 Å². The van der Waals surface area contributed by atoms with Crippen molar-refractivity contribution in [2.45, 2.75) is 19.3 Å². The monoisotopic (exact) mass is 397 g/mol. The summed E-state index contributed by atoms with van der Waals surface area (Å²) in [5.74, 6) is 0. The Morgan fingerprint density at radius 2 is 1.45 bits per heavy atom.